The maximum atomic E-state index is 5.92. The van der Waals surface area contributed by atoms with Crippen LogP contribution >= 0.6 is 12.2 Å². The lowest BCUT2D eigenvalue weighted by Crippen LogP contribution is -2.40. The van der Waals surface area contributed by atoms with Crippen LogP contribution in [-0.4, -0.2) is 22.6 Å². The summed E-state index contributed by atoms with van der Waals surface area (Å²) < 4.78 is 0. The molecule has 0 amide bonds. The smallest absolute Gasteiger partial charge is 0.107 e. The number of aromatic nitrogens is 1. The molecule has 1 fully saturated rings. The zero-order chi connectivity index (χ0) is 14.0. The summed E-state index contributed by atoms with van der Waals surface area (Å²) in [4.78, 5) is 7.45. The van der Waals surface area contributed by atoms with Crippen molar-refractivity contribution < 1.29 is 0 Å². The zero-order valence-electron chi connectivity index (χ0n) is 12.1. The molecule has 1 unspecified atom stereocenters. The second kappa shape index (κ2) is 5.87. The van der Waals surface area contributed by atoms with Crippen molar-refractivity contribution in [1.29, 1.82) is 0 Å². The van der Waals surface area contributed by atoms with Crippen LogP contribution in [0, 0.1) is 13.8 Å². The summed E-state index contributed by atoms with van der Waals surface area (Å²) in [7, 11) is 0. The van der Waals surface area contributed by atoms with Gasteiger partial charge in [-0.15, -0.1) is 0 Å². The average molecular weight is 277 g/mol. The quantitative estimate of drug-likeness (QED) is 0.862. The molecular formula is C15H23N3S. The first-order valence-electron chi connectivity index (χ1n) is 7.09. The van der Waals surface area contributed by atoms with E-state index in [0.29, 0.717) is 11.0 Å². The number of anilines is 1. The van der Waals surface area contributed by atoms with Crippen LogP contribution < -0.4 is 10.6 Å². The van der Waals surface area contributed by atoms with Gasteiger partial charge in [0.25, 0.3) is 0 Å². The topological polar surface area (TPSA) is 42.2 Å². The molecular weight excluding hydrogens is 254 g/mol. The average Bonchev–Trinajstić information content (AvgIpc) is 2.37. The molecule has 2 rings (SSSR count). The van der Waals surface area contributed by atoms with Gasteiger partial charge in [-0.05, 0) is 45.6 Å². The van der Waals surface area contributed by atoms with Crippen molar-refractivity contribution in [3.63, 3.8) is 0 Å². The predicted molar refractivity (Wildman–Crippen MR) is 84.9 cm³/mol. The first-order chi connectivity index (χ1) is 9.04. The fourth-order valence-corrected chi connectivity index (χ4v) is 3.33. The maximum absolute atomic E-state index is 5.92. The standard InChI is InChI=1S/C15H23N3S/c1-4-12-7-5-6-8-18(12)13-9-10(2)17-11(3)14(13)15(16)19/h9,12H,4-8H2,1-3H3,(H2,16,19). The molecule has 1 aliphatic rings. The van der Waals surface area contributed by atoms with E-state index in [0.717, 1.165) is 29.9 Å². The van der Waals surface area contributed by atoms with E-state index in [1.165, 1.54) is 24.9 Å². The van der Waals surface area contributed by atoms with Crippen LogP contribution in [-0.2, 0) is 0 Å². The Kier molecular flexibility index (Phi) is 4.40. The van der Waals surface area contributed by atoms with Gasteiger partial charge >= 0.3 is 0 Å². The van der Waals surface area contributed by atoms with Gasteiger partial charge in [-0.25, -0.2) is 0 Å². The van der Waals surface area contributed by atoms with Crippen molar-refractivity contribution in [3.05, 3.63) is 23.0 Å². The molecule has 0 spiro atoms. The number of thiocarbonyl (C=S) groups is 1. The van der Waals surface area contributed by atoms with Crippen LogP contribution in [0.4, 0.5) is 5.69 Å². The summed E-state index contributed by atoms with van der Waals surface area (Å²) in [6.45, 7) is 7.38. The molecule has 19 heavy (non-hydrogen) atoms. The zero-order valence-corrected chi connectivity index (χ0v) is 12.9. The normalized spacial score (nSPS) is 19.5. The van der Waals surface area contributed by atoms with E-state index in [4.69, 9.17) is 18.0 Å². The van der Waals surface area contributed by atoms with E-state index in [2.05, 4.69) is 22.9 Å². The molecule has 1 aromatic heterocycles. The first kappa shape index (κ1) is 14.3. The number of rotatable bonds is 3. The number of nitrogens with zero attached hydrogens (tertiary/aromatic N) is 2. The van der Waals surface area contributed by atoms with Gasteiger partial charge in [-0.3, -0.25) is 4.98 Å². The van der Waals surface area contributed by atoms with Crippen molar-refractivity contribution >= 4 is 22.9 Å². The molecule has 2 heterocycles. The molecule has 0 saturated carbocycles. The lowest BCUT2D eigenvalue weighted by atomic mass is 9.97. The van der Waals surface area contributed by atoms with Crippen molar-refractivity contribution in [2.45, 2.75) is 52.5 Å². The van der Waals surface area contributed by atoms with E-state index in [9.17, 15) is 0 Å². The summed E-state index contributed by atoms with van der Waals surface area (Å²) in [5, 5.41) is 0. The molecule has 1 aliphatic heterocycles. The Morgan fingerprint density at radius 2 is 2.21 bits per heavy atom. The first-order valence-corrected chi connectivity index (χ1v) is 7.50. The van der Waals surface area contributed by atoms with Crippen molar-refractivity contribution in [3.8, 4) is 0 Å². The van der Waals surface area contributed by atoms with Crippen LogP contribution in [0.15, 0.2) is 6.07 Å². The Morgan fingerprint density at radius 3 is 2.84 bits per heavy atom. The minimum atomic E-state index is 0.459. The minimum absolute atomic E-state index is 0.459. The molecule has 1 saturated heterocycles. The van der Waals surface area contributed by atoms with Crippen LogP contribution in [0.3, 0.4) is 0 Å². The summed E-state index contributed by atoms with van der Waals surface area (Å²) >= 11 is 5.24. The second-order valence-electron chi connectivity index (χ2n) is 5.36. The number of hydrogen-bond acceptors (Lipinski definition) is 3. The highest BCUT2D eigenvalue weighted by molar-refractivity contribution is 7.80. The highest BCUT2D eigenvalue weighted by Crippen LogP contribution is 2.31. The van der Waals surface area contributed by atoms with Gasteiger partial charge < -0.3 is 10.6 Å². The van der Waals surface area contributed by atoms with Gasteiger partial charge in [-0.2, -0.15) is 0 Å². The lowest BCUT2D eigenvalue weighted by molar-refractivity contribution is 0.449. The monoisotopic (exact) mass is 277 g/mol. The Morgan fingerprint density at radius 1 is 1.47 bits per heavy atom. The lowest BCUT2D eigenvalue weighted by Gasteiger charge is -2.38. The molecule has 104 valence electrons. The minimum Gasteiger partial charge on any atom is -0.389 e. The molecule has 0 bridgehead atoms. The third-order valence-electron chi connectivity index (χ3n) is 3.96. The van der Waals surface area contributed by atoms with Crippen molar-refractivity contribution in [2.24, 2.45) is 5.73 Å². The molecule has 0 radical (unpaired) electrons. The van der Waals surface area contributed by atoms with Crippen LogP contribution in [0.25, 0.3) is 0 Å². The van der Waals surface area contributed by atoms with E-state index in [1.807, 2.05) is 13.8 Å². The molecule has 2 N–H and O–H groups in total. The van der Waals surface area contributed by atoms with Gasteiger partial charge in [0.15, 0.2) is 0 Å². The summed E-state index contributed by atoms with van der Waals surface area (Å²) in [5.41, 5.74) is 10.0. The van der Waals surface area contributed by atoms with E-state index in [-0.39, 0.29) is 0 Å². The highest BCUT2D eigenvalue weighted by atomic mass is 32.1. The number of nitrogens with two attached hydrogens (primary N) is 1. The molecule has 3 nitrogen and oxygen atoms in total. The molecule has 1 atom stereocenters. The Labute approximate surface area is 121 Å². The van der Waals surface area contributed by atoms with Gasteiger partial charge in [0.05, 0.1) is 11.3 Å². The fraction of sp³-hybridized carbons (Fsp3) is 0.600. The van der Waals surface area contributed by atoms with E-state index >= 15 is 0 Å². The number of aryl methyl sites for hydroxylation is 2. The molecule has 0 aromatic carbocycles. The third kappa shape index (κ3) is 2.89. The number of hydrogen-bond donors (Lipinski definition) is 1. The third-order valence-corrected chi connectivity index (χ3v) is 4.17. The Hall–Kier alpha value is -1.16. The molecule has 0 aliphatic carbocycles. The maximum Gasteiger partial charge on any atom is 0.107 e. The summed E-state index contributed by atoms with van der Waals surface area (Å²) in [5.74, 6) is 0. The van der Waals surface area contributed by atoms with Gasteiger partial charge in [-0.1, -0.05) is 19.1 Å². The highest BCUT2D eigenvalue weighted by Gasteiger charge is 2.25. The molecule has 1 aromatic rings. The largest absolute Gasteiger partial charge is 0.389 e. The number of pyridine rings is 1. The molecule has 4 heteroatoms. The number of piperidine rings is 1. The van der Waals surface area contributed by atoms with Crippen LogP contribution in [0.5, 0.6) is 0 Å². The van der Waals surface area contributed by atoms with Crippen LogP contribution in [0.2, 0.25) is 0 Å². The van der Waals surface area contributed by atoms with Crippen molar-refractivity contribution in [2.75, 3.05) is 11.4 Å². The fourth-order valence-electron chi connectivity index (χ4n) is 3.08. The van der Waals surface area contributed by atoms with Gasteiger partial charge in [0.2, 0.25) is 0 Å². The summed E-state index contributed by atoms with van der Waals surface area (Å²) in [6, 6.07) is 2.73. The second-order valence-corrected chi connectivity index (χ2v) is 5.80. The van der Waals surface area contributed by atoms with Crippen LogP contribution in [0.1, 0.15) is 49.6 Å². The Bertz CT molecular complexity index is 485. The van der Waals surface area contributed by atoms with Crippen molar-refractivity contribution in [1.82, 2.24) is 4.98 Å². The Balaban J connectivity index is 2.50. The van der Waals surface area contributed by atoms with E-state index < -0.39 is 0 Å². The SMILES string of the molecule is CCC1CCCCN1c1cc(C)nc(C)c1C(N)=S. The van der Waals surface area contributed by atoms with Gasteiger partial charge in [0.1, 0.15) is 4.99 Å². The summed E-state index contributed by atoms with van der Waals surface area (Å²) in [6.07, 6.45) is 4.99. The van der Waals surface area contributed by atoms with Gasteiger partial charge in [0, 0.05) is 24.0 Å². The predicted octanol–water partition coefficient (Wildman–Crippen LogP) is 3.10. The van der Waals surface area contributed by atoms with E-state index in [1.54, 1.807) is 0 Å².